The van der Waals surface area contributed by atoms with E-state index in [2.05, 4.69) is 0 Å². The fourth-order valence-electron chi connectivity index (χ4n) is 1.59. The molecule has 3 nitrogen and oxygen atoms in total. The topological polar surface area (TPSA) is 40.5 Å². The highest BCUT2D eigenvalue weighted by Gasteiger charge is 2.35. The molecule has 0 aromatic carbocycles. The van der Waals surface area contributed by atoms with Gasteiger partial charge in [-0.05, 0) is 19.3 Å². The van der Waals surface area contributed by atoms with Crippen molar-refractivity contribution in [1.29, 1.82) is 0 Å². The van der Waals surface area contributed by atoms with Crippen molar-refractivity contribution in [1.82, 2.24) is 4.90 Å². The van der Waals surface area contributed by atoms with Gasteiger partial charge in [-0.3, -0.25) is 4.79 Å². The number of likely N-dealkylation sites (tertiary alicyclic amines) is 1. The highest BCUT2D eigenvalue weighted by Crippen LogP contribution is 2.29. The van der Waals surface area contributed by atoms with Crippen LogP contribution in [0, 0.1) is 0 Å². The molecule has 0 aromatic rings. The highest BCUT2D eigenvalue weighted by molar-refractivity contribution is 5.77. The Hall–Kier alpha value is -0.570. The number of carbonyl (C=O) groups excluding carboxylic acids is 1. The average molecular weight is 155 g/mol. The molecule has 0 radical (unpaired) electrons. The second-order valence-corrected chi connectivity index (χ2v) is 3.47. The number of rotatable bonds is 1. The molecular formula is C8H13NO2. The Balaban J connectivity index is 1.98. The van der Waals surface area contributed by atoms with E-state index in [0.717, 1.165) is 12.8 Å². The van der Waals surface area contributed by atoms with Crippen LogP contribution in [0.1, 0.15) is 25.7 Å². The number of aliphatic hydroxyl groups is 1. The Labute approximate surface area is 66.0 Å². The first kappa shape index (κ1) is 7.10. The van der Waals surface area contributed by atoms with Gasteiger partial charge in [0.1, 0.15) is 0 Å². The maximum atomic E-state index is 11.2. The number of nitrogens with zero attached hydrogens (tertiary/aromatic N) is 1. The Bertz CT molecular complexity index is 177. The molecular weight excluding hydrogens is 142 g/mol. The molecule has 1 saturated heterocycles. The van der Waals surface area contributed by atoms with E-state index >= 15 is 0 Å². The monoisotopic (exact) mass is 155 g/mol. The van der Waals surface area contributed by atoms with E-state index in [1.165, 1.54) is 0 Å². The summed E-state index contributed by atoms with van der Waals surface area (Å²) in [4.78, 5) is 13.1. The third kappa shape index (κ3) is 1.38. The van der Waals surface area contributed by atoms with Crippen LogP contribution in [0.2, 0.25) is 0 Å². The average Bonchev–Trinajstić information content (AvgIpc) is 2.76. The molecule has 2 rings (SSSR count). The zero-order valence-corrected chi connectivity index (χ0v) is 6.49. The minimum absolute atomic E-state index is 0.234. The molecule has 1 unspecified atom stereocenters. The quantitative estimate of drug-likeness (QED) is 0.584. The van der Waals surface area contributed by atoms with Gasteiger partial charge in [0.05, 0.1) is 6.10 Å². The minimum Gasteiger partial charge on any atom is -0.391 e. The summed E-state index contributed by atoms with van der Waals surface area (Å²) in [5.74, 6) is 0.234. The van der Waals surface area contributed by atoms with Crippen molar-refractivity contribution in [2.45, 2.75) is 37.8 Å². The molecule has 1 amide bonds. The largest absolute Gasteiger partial charge is 0.391 e. The maximum Gasteiger partial charge on any atom is 0.223 e. The molecule has 1 N–H and O–H groups in total. The van der Waals surface area contributed by atoms with Crippen molar-refractivity contribution in [3.63, 3.8) is 0 Å². The number of aliphatic hydroxyl groups excluding tert-OH is 1. The molecule has 0 aromatic heterocycles. The van der Waals surface area contributed by atoms with Gasteiger partial charge in [0.15, 0.2) is 0 Å². The molecule has 0 bridgehead atoms. The molecule has 1 heterocycles. The fourth-order valence-corrected chi connectivity index (χ4v) is 1.59. The number of hydrogen-bond acceptors (Lipinski definition) is 2. The number of hydrogen-bond donors (Lipinski definition) is 1. The molecule has 3 heteroatoms. The van der Waals surface area contributed by atoms with Crippen molar-refractivity contribution >= 4 is 5.91 Å². The number of β-amino-alcohol motifs (C(OH)–C–C–N with tert-alkyl or cyclic N) is 1. The van der Waals surface area contributed by atoms with Crippen molar-refractivity contribution < 1.29 is 9.90 Å². The first-order chi connectivity index (χ1) is 5.27. The van der Waals surface area contributed by atoms with Crippen LogP contribution in [0.25, 0.3) is 0 Å². The predicted octanol–water partition coefficient (Wildman–Crippen LogP) is 0.132. The van der Waals surface area contributed by atoms with E-state index in [4.69, 9.17) is 0 Å². The van der Waals surface area contributed by atoms with Crippen LogP contribution in [0.3, 0.4) is 0 Å². The van der Waals surface area contributed by atoms with E-state index < -0.39 is 0 Å². The third-order valence-electron chi connectivity index (χ3n) is 2.41. The molecule has 1 atom stereocenters. The molecule has 62 valence electrons. The first-order valence-electron chi connectivity index (χ1n) is 4.25. The summed E-state index contributed by atoms with van der Waals surface area (Å²) in [6.07, 6.45) is 3.20. The molecule has 1 aliphatic carbocycles. The van der Waals surface area contributed by atoms with Gasteiger partial charge in [-0.25, -0.2) is 0 Å². The molecule has 1 aliphatic heterocycles. The second-order valence-electron chi connectivity index (χ2n) is 3.47. The number of carbonyl (C=O) groups is 1. The number of piperidine rings is 1. The maximum absolute atomic E-state index is 11.2. The lowest BCUT2D eigenvalue weighted by molar-refractivity contribution is -0.137. The lowest BCUT2D eigenvalue weighted by Crippen LogP contribution is -2.43. The second kappa shape index (κ2) is 2.48. The van der Waals surface area contributed by atoms with Crippen LogP contribution in [0.5, 0.6) is 0 Å². The summed E-state index contributed by atoms with van der Waals surface area (Å²) in [6, 6.07) is 0.470. The summed E-state index contributed by atoms with van der Waals surface area (Å²) < 4.78 is 0. The zero-order valence-electron chi connectivity index (χ0n) is 6.49. The van der Waals surface area contributed by atoms with Crippen LogP contribution in [0.4, 0.5) is 0 Å². The highest BCUT2D eigenvalue weighted by atomic mass is 16.3. The van der Waals surface area contributed by atoms with Crippen LogP contribution < -0.4 is 0 Å². The lowest BCUT2D eigenvalue weighted by Gasteiger charge is -2.29. The molecule has 2 fully saturated rings. The number of amides is 1. The standard InChI is InChI=1S/C8H13NO2/c10-7-3-4-8(11)9(5-7)6-1-2-6/h6-7,10H,1-5H2. The third-order valence-corrected chi connectivity index (χ3v) is 2.41. The van der Waals surface area contributed by atoms with Crippen molar-refractivity contribution in [2.75, 3.05) is 6.54 Å². The van der Waals surface area contributed by atoms with E-state index in [9.17, 15) is 9.90 Å². The molecule has 0 spiro atoms. The van der Waals surface area contributed by atoms with Crippen LogP contribution in [-0.2, 0) is 4.79 Å². The Morgan fingerprint density at radius 2 is 2.09 bits per heavy atom. The predicted molar refractivity (Wildman–Crippen MR) is 40.0 cm³/mol. The normalized spacial score (nSPS) is 32.6. The minimum atomic E-state index is -0.270. The van der Waals surface area contributed by atoms with Crippen LogP contribution in [0.15, 0.2) is 0 Å². The smallest absolute Gasteiger partial charge is 0.223 e. The SMILES string of the molecule is O=C1CCC(O)CN1C1CC1. The van der Waals surface area contributed by atoms with Crippen LogP contribution >= 0.6 is 0 Å². The molecule has 2 aliphatic rings. The summed E-state index contributed by atoms with van der Waals surface area (Å²) in [7, 11) is 0. The van der Waals surface area contributed by atoms with Gasteiger partial charge < -0.3 is 10.0 Å². The Morgan fingerprint density at radius 1 is 1.36 bits per heavy atom. The van der Waals surface area contributed by atoms with E-state index in [-0.39, 0.29) is 12.0 Å². The van der Waals surface area contributed by atoms with Gasteiger partial charge in [0, 0.05) is 19.0 Å². The fraction of sp³-hybridized carbons (Fsp3) is 0.875. The first-order valence-corrected chi connectivity index (χ1v) is 4.25. The summed E-state index contributed by atoms with van der Waals surface area (Å²) in [5.41, 5.74) is 0. The summed E-state index contributed by atoms with van der Waals surface area (Å²) in [6.45, 7) is 0.573. The van der Waals surface area contributed by atoms with Crippen LogP contribution in [-0.4, -0.2) is 34.6 Å². The Kier molecular flexibility index (Phi) is 1.60. The van der Waals surface area contributed by atoms with Crippen molar-refractivity contribution in [3.05, 3.63) is 0 Å². The summed E-state index contributed by atoms with van der Waals surface area (Å²) >= 11 is 0. The zero-order chi connectivity index (χ0) is 7.84. The molecule has 1 saturated carbocycles. The van der Waals surface area contributed by atoms with Gasteiger partial charge in [-0.1, -0.05) is 0 Å². The van der Waals surface area contributed by atoms with E-state index in [1.54, 1.807) is 0 Å². The van der Waals surface area contributed by atoms with Gasteiger partial charge in [-0.15, -0.1) is 0 Å². The van der Waals surface area contributed by atoms with Gasteiger partial charge in [0.2, 0.25) is 5.91 Å². The van der Waals surface area contributed by atoms with Gasteiger partial charge in [0.25, 0.3) is 0 Å². The lowest BCUT2D eigenvalue weighted by atomic mass is 10.1. The van der Waals surface area contributed by atoms with Crippen molar-refractivity contribution in [2.24, 2.45) is 0 Å². The van der Waals surface area contributed by atoms with E-state index in [1.807, 2.05) is 4.90 Å². The van der Waals surface area contributed by atoms with Crippen molar-refractivity contribution in [3.8, 4) is 0 Å². The van der Waals surface area contributed by atoms with Gasteiger partial charge >= 0.3 is 0 Å². The van der Waals surface area contributed by atoms with E-state index in [0.29, 0.717) is 25.4 Å². The van der Waals surface area contributed by atoms with Gasteiger partial charge in [-0.2, -0.15) is 0 Å². The summed E-state index contributed by atoms with van der Waals surface area (Å²) in [5, 5.41) is 9.28. The molecule has 11 heavy (non-hydrogen) atoms. The Morgan fingerprint density at radius 3 is 2.73 bits per heavy atom.